The van der Waals surface area contributed by atoms with Crippen LogP contribution in [0.3, 0.4) is 0 Å². The van der Waals surface area contributed by atoms with Gasteiger partial charge in [-0.25, -0.2) is 9.59 Å². The number of hydrogen-bond donors (Lipinski definition) is 1. The van der Waals surface area contributed by atoms with Crippen molar-refractivity contribution in [3.05, 3.63) is 67.2 Å². The van der Waals surface area contributed by atoms with Gasteiger partial charge in [0.25, 0.3) is 5.56 Å². The van der Waals surface area contributed by atoms with Gasteiger partial charge in [0.1, 0.15) is 9.71 Å². The SMILES string of the molecule is CCOC(=O)c1sc2c(c1C)c(=O)n(CC(C)O)c(=O)n2CCc1ccccc1. The first-order chi connectivity index (χ1) is 13.8. The van der Waals surface area contributed by atoms with Crippen LogP contribution in [0.15, 0.2) is 39.9 Å². The number of esters is 1. The van der Waals surface area contributed by atoms with Crippen LogP contribution >= 0.6 is 11.3 Å². The first-order valence-electron chi connectivity index (χ1n) is 9.51. The molecule has 154 valence electrons. The lowest BCUT2D eigenvalue weighted by Crippen LogP contribution is -2.42. The van der Waals surface area contributed by atoms with Crippen LogP contribution in [0.5, 0.6) is 0 Å². The number of carbonyl (C=O) groups is 1. The molecule has 0 saturated heterocycles. The molecule has 2 aromatic heterocycles. The number of ether oxygens (including phenoxy) is 1. The van der Waals surface area contributed by atoms with Crippen LogP contribution in [0.4, 0.5) is 0 Å². The maximum absolute atomic E-state index is 13.1. The van der Waals surface area contributed by atoms with Crippen molar-refractivity contribution in [1.82, 2.24) is 9.13 Å². The Kier molecular flexibility index (Phi) is 6.34. The van der Waals surface area contributed by atoms with E-state index < -0.39 is 23.3 Å². The molecular formula is C21H24N2O5S. The molecule has 3 aromatic rings. The number of aryl methyl sites for hydroxylation is 3. The van der Waals surface area contributed by atoms with Crippen LogP contribution in [0, 0.1) is 6.92 Å². The molecule has 0 amide bonds. The predicted molar refractivity (Wildman–Crippen MR) is 113 cm³/mol. The third-order valence-electron chi connectivity index (χ3n) is 4.67. The van der Waals surface area contributed by atoms with Gasteiger partial charge in [-0.3, -0.25) is 13.9 Å². The first kappa shape index (κ1) is 21.0. The average Bonchev–Trinajstić information content (AvgIpc) is 3.03. The molecule has 1 unspecified atom stereocenters. The highest BCUT2D eigenvalue weighted by Crippen LogP contribution is 2.28. The fourth-order valence-corrected chi connectivity index (χ4v) is 4.51. The molecular weight excluding hydrogens is 392 g/mol. The summed E-state index contributed by atoms with van der Waals surface area (Å²) in [6, 6.07) is 9.72. The summed E-state index contributed by atoms with van der Waals surface area (Å²) in [5, 5.41) is 10.1. The molecule has 2 heterocycles. The van der Waals surface area contributed by atoms with Gasteiger partial charge in [0.05, 0.1) is 24.6 Å². The Morgan fingerprint density at radius 2 is 1.90 bits per heavy atom. The Morgan fingerprint density at radius 1 is 1.21 bits per heavy atom. The number of hydrogen-bond acceptors (Lipinski definition) is 6. The number of aromatic nitrogens is 2. The second kappa shape index (κ2) is 8.75. The second-order valence-electron chi connectivity index (χ2n) is 6.89. The lowest BCUT2D eigenvalue weighted by molar-refractivity contribution is 0.0531. The van der Waals surface area contributed by atoms with E-state index in [0.717, 1.165) is 21.5 Å². The Morgan fingerprint density at radius 3 is 2.52 bits per heavy atom. The van der Waals surface area contributed by atoms with Crippen LogP contribution in [0.2, 0.25) is 0 Å². The standard InChI is InChI=1S/C21H24N2O5S/c1-4-28-20(26)17-14(3)16-18(25)23(12-13(2)24)21(27)22(19(16)29-17)11-10-15-8-6-5-7-9-15/h5-9,13,24H,4,10-12H2,1-3H3. The summed E-state index contributed by atoms with van der Waals surface area (Å²) < 4.78 is 7.68. The molecule has 0 saturated carbocycles. The second-order valence-corrected chi connectivity index (χ2v) is 7.89. The van der Waals surface area contributed by atoms with Crippen molar-refractivity contribution >= 4 is 27.5 Å². The van der Waals surface area contributed by atoms with E-state index in [0.29, 0.717) is 33.6 Å². The molecule has 1 aromatic carbocycles. The molecule has 1 atom stereocenters. The minimum Gasteiger partial charge on any atom is -0.462 e. The molecule has 29 heavy (non-hydrogen) atoms. The summed E-state index contributed by atoms with van der Waals surface area (Å²) in [4.78, 5) is 39.2. The van der Waals surface area contributed by atoms with Gasteiger partial charge in [-0.15, -0.1) is 11.3 Å². The van der Waals surface area contributed by atoms with Crippen LogP contribution in [-0.2, 0) is 24.2 Å². The van der Waals surface area contributed by atoms with Crippen LogP contribution in [0.1, 0.15) is 34.6 Å². The fraction of sp³-hybridized carbons (Fsp3) is 0.381. The van der Waals surface area contributed by atoms with Gasteiger partial charge in [0.15, 0.2) is 0 Å². The Balaban J connectivity index is 2.21. The lowest BCUT2D eigenvalue weighted by Gasteiger charge is -2.13. The number of fused-ring (bicyclic) bond motifs is 1. The molecule has 0 fully saturated rings. The van der Waals surface area contributed by atoms with Gasteiger partial charge >= 0.3 is 11.7 Å². The molecule has 7 nitrogen and oxygen atoms in total. The number of aliphatic hydroxyl groups excluding tert-OH is 1. The molecule has 0 aliphatic carbocycles. The van der Waals surface area contributed by atoms with Crippen molar-refractivity contribution in [2.75, 3.05) is 6.61 Å². The summed E-state index contributed by atoms with van der Waals surface area (Å²) in [6.07, 6.45) is -0.266. The highest BCUT2D eigenvalue weighted by molar-refractivity contribution is 7.20. The summed E-state index contributed by atoms with van der Waals surface area (Å²) in [7, 11) is 0. The van der Waals surface area contributed by atoms with Crippen molar-refractivity contribution in [1.29, 1.82) is 0 Å². The highest BCUT2D eigenvalue weighted by atomic mass is 32.1. The largest absolute Gasteiger partial charge is 0.462 e. The first-order valence-corrected chi connectivity index (χ1v) is 10.3. The van der Waals surface area contributed by atoms with E-state index in [1.807, 2.05) is 30.3 Å². The molecule has 0 radical (unpaired) electrons. The lowest BCUT2D eigenvalue weighted by atomic mass is 10.1. The van der Waals surface area contributed by atoms with Gasteiger partial charge in [0, 0.05) is 6.54 Å². The molecule has 0 aliphatic heterocycles. The van der Waals surface area contributed by atoms with E-state index >= 15 is 0 Å². The smallest absolute Gasteiger partial charge is 0.348 e. The molecule has 3 rings (SSSR count). The Labute approximate surface area is 171 Å². The van der Waals surface area contributed by atoms with Gasteiger partial charge in [-0.1, -0.05) is 30.3 Å². The summed E-state index contributed by atoms with van der Waals surface area (Å²) in [5.74, 6) is -0.505. The van der Waals surface area contributed by atoms with Crippen molar-refractivity contribution < 1.29 is 14.6 Å². The summed E-state index contributed by atoms with van der Waals surface area (Å²) in [5.41, 5.74) is 0.572. The van der Waals surface area contributed by atoms with Crippen LogP contribution in [-0.4, -0.2) is 32.9 Å². The molecule has 8 heteroatoms. The summed E-state index contributed by atoms with van der Waals surface area (Å²) in [6.45, 7) is 5.39. The Bertz CT molecular complexity index is 1140. The quantitative estimate of drug-likeness (QED) is 0.597. The summed E-state index contributed by atoms with van der Waals surface area (Å²) >= 11 is 1.10. The zero-order valence-corrected chi connectivity index (χ0v) is 17.5. The number of nitrogens with zero attached hydrogens (tertiary/aromatic N) is 2. The molecule has 0 spiro atoms. The van der Waals surface area contributed by atoms with Crippen molar-refractivity contribution in [2.24, 2.45) is 0 Å². The minimum atomic E-state index is -0.858. The van der Waals surface area contributed by atoms with E-state index in [1.165, 1.54) is 11.5 Å². The van der Waals surface area contributed by atoms with E-state index in [-0.39, 0.29) is 13.2 Å². The topological polar surface area (TPSA) is 90.5 Å². The Hall–Kier alpha value is -2.71. The fourth-order valence-electron chi connectivity index (χ4n) is 3.29. The zero-order chi connectivity index (χ0) is 21.1. The molecule has 0 aliphatic rings. The normalized spacial score (nSPS) is 12.3. The molecule has 1 N–H and O–H groups in total. The highest BCUT2D eigenvalue weighted by Gasteiger charge is 2.24. The van der Waals surface area contributed by atoms with Gasteiger partial charge in [-0.05, 0) is 38.3 Å². The zero-order valence-electron chi connectivity index (χ0n) is 16.7. The third kappa shape index (κ3) is 4.18. The maximum Gasteiger partial charge on any atom is 0.348 e. The van der Waals surface area contributed by atoms with Crippen molar-refractivity contribution in [2.45, 2.75) is 46.4 Å². The van der Waals surface area contributed by atoms with Crippen molar-refractivity contribution in [3.63, 3.8) is 0 Å². The number of carbonyl (C=O) groups excluding carboxylic acids is 1. The number of benzene rings is 1. The number of aliphatic hydroxyl groups is 1. The monoisotopic (exact) mass is 416 g/mol. The van der Waals surface area contributed by atoms with E-state index in [2.05, 4.69) is 0 Å². The third-order valence-corrected chi connectivity index (χ3v) is 5.96. The predicted octanol–water partition coefficient (Wildman–Crippen LogP) is 2.33. The minimum absolute atomic E-state index is 0.108. The number of rotatable bonds is 7. The van der Waals surface area contributed by atoms with E-state index in [4.69, 9.17) is 4.74 Å². The van der Waals surface area contributed by atoms with Crippen molar-refractivity contribution in [3.8, 4) is 0 Å². The van der Waals surface area contributed by atoms with E-state index in [1.54, 1.807) is 13.8 Å². The maximum atomic E-state index is 13.1. The van der Waals surface area contributed by atoms with Gasteiger partial charge < -0.3 is 9.84 Å². The average molecular weight is 416 g/mol. The van der Waals surface area contributed by atoms with Crippen LogP contribution in [0.25, 0.3) is 10.2 Å². The van der Waals surface area contributed by atoms with E-state index in [9.17, 15) is 19.5 Å². The number of thiophene rings is 1. The van der Waals surface area contributed by atoms with Gasteiger partial charge in [-0.2, -0.15) is 0 Å². The van der Waals surface area contributed by atoms with Crippen LogP contribution < -0.4 is 11.2 Å². The van der Waals surface area contributed by atoms with Gasteiger partial charge in [0.2, 0.25) is 0 Å². The molecule has 0 bridgehead atoms.